The number of hydrogen-bond acceptors (Lipinski definition) is 1. The lowest BCUT2D eigenvalue weighted by atomic mass is 10.0. The van der Waals surface area contributed by atoms with Gasteiger partial charge < -0.3 is 5.32 Å². The Balaban J connectivity index is 2.39. The molecule has 1 nitrogen and oxygen atoms in total. The van der Waals surface area contributed by atoms with Gasteiger partial charge in [-0.1, -0.05) is 42.8 Å². The molecule has 0 saturated heterocycles. The van der Waals surface area contributed by atoms with Crippen molar-refractivity contribution in [2.45, 2.75) is 52.0 Å². The first-order valence-corrected chi connectivity index (χ1v) is 7.16. The van der Waals surface area contributed by atoms with Gasteiger partial charge in [0.15, 0.2) is 0 Å². The first-order chi connectivity index (χ1) is 8.76. The van der Waals surface area contributed by atoms with Gasteiger partial charge in [0, 0.05) is 6.04 Å². The third kappa shape index (κ3) is 6.02. The highest BCUT2D eigenvalue weighted by Crippen LogP contribution is 2.10. The van der Waals surface area contributed by atoms with E-state index < -0.39 is 0 Å². The molecule has 100 valence electrons. The first kappa shape index (κ1) is 15.0. The molecule has 0 fully saturated rings. The van der Waals surface area contributed by atoms with Crippen LogP contribution in [0.4, 0.5) is 0 Å². The molecule has 0 radical (unpaired) electrons. The van der Waals surface area contributed by atoms with Gasteiger partial charge in [-0.3, -0.25) is 0 Å². The van der Waals surface area contributed by atoms with E-state index >= 15 is 0 Å². The van der Waals surface area contributed by atoms with Gasteiger partial charge in [-0.25, -0.2) is 0 Å². The van der Waals surface area contributed by atoms with Crippen LogP contribution in [-0.2, 0) is 6.42 Å². The minimum Gasteiger partial charge on any atom is -0.314 e. The summed E-state index contributed by atoms with van der Waals surface area (Å²) in [5, 5.41) is 3.64. The zero-order valence-corrected chi connectivity index (χ0v) is 11.9. The quantitative estimate of drug-likeness (QED) is 0.641. The first-order valence-electron chi connectivity index (χ1n) is 7.16. The molecule has 1 unspecified atom stereocenters. The summed E-state index contributed by atoms with van der Waals surface area (Å²) in [5.74, 6) is 0. The lowest BCUT2D eigenvalue weighted by molar-refractivity contribution is 0.456. The highest BCUT2D eigenvalue weighted by Gasteiger charge is 2.06. The van der Waals surface area contributed by atoms with E-state index in [0.29, 0.717) is 6.04 Å². The van der Waals surface area contributed by atoms with Crippen molar-refractivity contribution in [2.75, 3.05) is 6.54 Å². The van der Waals surface area contributed by atoms with E-state index in [4.69, 9.17) is 0 Å². The van der Waals surface area contributed by atoms with Crippen LogP contribution >= 0.6 is 0 Å². The Hall–Kier alpha value is -1.08. The topological polar surface area (TPSA) is 12.0 Å². The number of aryl methyl sites for hydroxylation is 2. The predicted molar refractivity (Wildman–Crippen MR) is 81.0 cm³/mol. The highest BCUT2D eigenvalue weighted by atomic mass is 14.9. The molecule has 1 rings (SSSR count). The Morgan fingerprint density at radius 1 is 1.22 bits per heavy atom. The van der Waals surface area contributed by atoms with Crippen LogP contribution in [0.2, 0.25) is 0 Å². The molecule has 1 aromatic rings. The molecule has 0 aromatic heterocycles. The van der Waals surface area contributed by atoms with E-state index in [1.807, 2.05) is 6.08 Å². The van der Waals surface area contributed by atoms with Crippen LogP contribution < -0.4 is 5.32 Å². The Bertz CT molecular complexity index is 326. The Kier molecular flexibility index (Phi) is 7.43. The van der Waals surface area contributed by atoms with Gasteiger partial charge in [0.1, 0.15) is 0 Å². The summed E-state index contributed by atoms with van der Waals surface area (Å²) in [6.45, 7) is 9.29. The minimum absolute atomic E-state index is 0.629. The van der Waals surface area contributed by atoms with E-state index in [2.05, 4.69) is 50.0 Å². The maximum Gasteiger partial charge on any atom is 0.00731 e. The van der Waals surface area contributed by atoms with Crippen molar-refractivity contribution in [3.8, 4) is 0 Å². The largest absolute Gasteiger partial charge is 0.314 e. The third-order valence-corrected chi connectivity index (χ3v) is 3.30. The molecule has 0 spiro atoms. The molecule has 1 N–H and O–H groups in total. The number of allylic oxidation sites excluding steroid dienone is 1. The standard InChI is InChI=1S/C17H27N/c1-4-6-7-17(18-14-5-2)13-12-16-10-8-15(3)9-11-16/h4,8-11,17-18H,1,5-7,12-14H2,2-3H3. The Morgan fingerprint density at radius 3 is 2.56 bits per heavy atom. The van der Waals surface area contributed by atoms with Crippen molar-refractivity contribution in [3.05, 3.63) is 48.0 Å². The lowest BCUT2D eigenvalue weighted by Crippen LogP contribution is -2.30. The van der Waals surface area contributed by atoms with Crippen molar-refractivity contribution in [1.82, 2.24) is 5.32 Å². The molecule has 1 heteroatoms. The fourth-order valence-electron chi connectivity index (χ4n) is 2.11. The summed E-state index contributed by atoms with van der Waals surface area (Å²) in [4.78, 5) is 0. The van der Waals surface area contributed by atoms with Gasteiger partial charge in [0.2, 0.25) is 0 Å². The molecule has 0 aliphatic rings. The molecular weight excluding hydrogens is 218 g/mol. The summed E-state index contributed by atoms with van der Waals surface area (Å²) >= 11 is 0. The van der Waals surface area contributed by atoms with Gasteiger partial charge in [-0.05, 0) is 51.1 Å². The highest BCUT2D eigenvalue weighted by molar-refractivity contribution is 5.21. The zero-order valence-electron chi connectivity index (χ0n) is 11.9. The maximum atomic E-state index is 3.81. The second kappa shape index (κ2) is 8.93. The van der Waals surface area contributed by atoms with E-state index in [1.165, 1.54) is 36.8 Å². The van der Waals surface area contributed by atoms with Gasteiger partial charge in [0.25, 0.3) is 0 Å². The number of nitrogens with one attached hydrogen (secondary N) is 1. The fourth-order valence-corrected chi connectivity index (χ4v) is 2.11. The second-order valence-electron chi connectivity index (χ2n) is 5.04. The summed E-state index contributed by atoms with van der Waals surface area (Å²) in [7, 11) is 0. The van der Waals surface area contributed by atoms with Crippen molar-refractivity contribution in [1.29, 1.82) is 0 Å². The van der Waals surface area contributed by atoms with E-state index in [1.54, 1.807) is 0 Å². The van der Waals surface area contributed by atoms with Crippen molar-refractivity contribution < 1.29 is 0 Å². The molecule has 1 atom stereocenters. The van der Waals surface area contributed by atoms with Crippen LogP contribution in [0.25, 0.3) is 0 Å². The lowest BCUT2D eigenvalue weighted by Gasteiger charge is -2.17. The fraction of sp³-hybridized carbons (Fsp3) is 0.529. The molecule has 0 heterocycles. The van der Waals surface area contributed by atoms with Gasteiger partial charge in [0.05, 0.1) is 0 Å². The number of benzene rings is 1. The zero-order chi connectivity index (χ0) is 13.2. The van der Waals surface area contributed by atoms with Crippen LogP contribution in [0.15, 0.2) is 36.9 Å². The van der Waals surface area contributed by atoms with Crippen LogP contribution in [0, 0.1) is 6.92 Å². The molecule has 18 heavy (non-hydrogen) atoms. The van der Waals surface area contributed by atoms with Crippen molar-refractivity contribution >= 4 is 0 Å². The molecule has 0 aliphatic carbocycles. The predicted octanol–water partition coefficient (Wildman–Crippen LogP) is 4.26. The Labute approximate surface area is 112 Å². The molecule has 0 saturated carbocycles. The SMILES string of the molecule is C=CCCC(CCc1ccc(C)cc1)NCCC. The summed E-state index contributed by atoms with van der Waals surface area (Å²) < 4.78 is 0. The normalized spacial score (nSPS) is 12.3. The average Bonchev–Trinajstić information content (AvgIpc) is 2.40. The van der Waals surface area contributed by atoms with Gasteiger partial charge in [-0.15, -0.1) is 6.58 Å². The maximum absolute atomic E-state index is 3.81. The summed E-state index contributed by atoms with van der Waals surface area (Å²) in [6.07, 6.45) is 7.92. The van der Waals surface area contributed by atoms with Crippen LogP contribution in [0.5, 0.6) is 0 Å². The second-order valence-corrected chi connectivity index (χ2v) is 5.04. The van der Waals surface area contributed by atoms with Crippen molar-refractivity contribution in [2.24, 2.45) is 0 Å². The average molecular weight is 245 g/mol. The van der Waals surface area contributed by atoms with Crippen LogP contribution in [0.3, 0.4) is 0 Å². The van der Waals surface area contributed by atoms with E-state index in [-0.39, 0.29) is 0 Å². The number of rotatable bonds is 9. The Morgan fingerprint density at radius 2 is 1.94 bits per heavy atom. The van der Waals surface area contributed by atoms with Crippen LogP contribution in [-0.4, -0.2) is 12.6 Å². The van der Waals surface area contributed by atoms with E-state index in [0.717, 1.165) is 13.0 Å². The van der Waals surface area contributed by atoms with Gasteiger partial charge >= 0.3 is 0 Å². The van der Waals surface area contributed by atoms with E-state index in [9.17, 15) is 0 Å². The third-order valence-electron chi connectivity index (χ3n) is 3.30. The molecule has 0 aliphatic heterocycles. The minimum atomic E-state index is 0.629. The molecule has 0 amide bonds. The monoisotopic (exact) mass is 245 g/mol. The molecule has 1 aromatic carbocycles. The van der Waals surface area contributed by atoms with Gasteiger partial charge in [-0.2, -0.15) is 0 Å². The summed E-state index contributed by atoms with van der Waals surface area (Å²) in [6, 6.07) is 9.53. The van der Waals surface area contributed by atoms with Crippen LogP contribution in [0.1, 0.15) is 43.7 Å². The molecule has 0 bridgehead atoms. The molecular formula is C17H27N. The smallest absolute Gasteiger partial charge is 0.00731 e. The van der Waals surface area contributed by atoms with Crippen molar-refractivity contribution in [3.63, 3.8) is 0 Å². The number of hydrogen-bond donors (Lipinski definition) is 1. The summed E-state index contributed by atoms with van der Waals surface area (Å²) in [5.41, 5.74) is 2.79.